The summed E-state index contributed by atoms with van der Waals surface area (Å²) in [4.78, 5) is 22.3. The molecule has 2 rings (SSSR count). The lowest BCUT2D eigenvalue weighted by atomic mass is 9.70. The zero-order valence-electron chi connectivity index (χ0n) is 17.6. The minimum Gasteiger partial charge on any atom is -0.462 e. The number of hydrogen-bond donors (Lipinski definition) is 1. The van der Waals surface area contributed by atoms with Gasteiger partial charge in [0.25, 0.3) is 0 Å². The van der Waals surface area contributed by atoms with Gasteiger partial charge in [0.15, 0.2) is 0 Å². The average Bonchev–Trinajstić information content (AvgIpc) is 2.92. The first-order chi connectivity index (χ1) is 12.5. The second kappa shape index (κ2) is 9.54. The van der Waals surface area contributed by atoms with Crippen LogP contribution in [0.5, 0.6) is 0 Å². The zero-order valence-corrected chi connectivity index (χ0v) is 17.6. The molecule has 1 N–H and O–H groups in total. The van der Waals surface area contributed by atoms with E-state index in [1.807, 2.05) is 0 Å². The molecule has 5 heteroatoms. The van der Waals surface area contributed by atoms with Crippen molar-refractivity contribution in [1.82, 2.24) is 0 Å². The van der Waals surface area contributed by atoms with Gasteiger partial charge in [0.1, 0.15) is 6.10 Å². The maximum atomic E-state index is 11.6. The van der Waals surface area contributed by atoms with Gasteiger partial charge in [-0.25, -0.2) is 9.59 Å². The number of aliphatic hydroxyl groups excluding tert-OH is 1. The van der Waals surface area contributed by atoms with Crippen LogP contribution in [0.2, 0.25) is 0 Å². The average molecular weight is 381 g/mol. The van der Waals surface area contributed by atoms with Gasteiger partial charge in [0.05, 0.1) is 6.61 Å². The fourth-order valence-electron chi connectivity index (χ4n) is 4.04. The predicted molar refractivity (Wildman–Crippen MR) is 106 cm³/mol. The van der Waals surface area contributed by atoms with Crippen LogP contribution in [-0.4, -0.2) is 36.4 Å². The van der Waals surface area contributed by atoms with Crippen LogP contribution in [0.4, 0.5) is 0 Å². The van der Waals surface area contributed by atoms with Crippen LogP contribution < -0.4 is 0 Å². The Labute approximate surface area is 163 Å². The zero-order chi connectivity index (χ0) is 20.8. The Bertz CT molecular complexity index is 577. The van der Waals surface area contributed by atoms with Crippen LogP contribution in [0.3, 0.4) is 0 Å². The van der Waals surface area contributed by atoms with E-state index in [-0.39, 0.29) is 30.1 Å². The predicted octanol–water partition coefficient (Wildman–Crippen LogP) is 4.20. The van der Waals surface area contributed by atoms with E-state index in [1.54, 1.807) is 13.8 Å². The molecular formula is C22H36O5. The standard InChI is InChI=1S/C14H22O2.C8H14O3/c1-9(2)12(15)16-11-8-10-6-7-14(11,5)13(10,3)4;1-7(2)8(10)11-6-4-3-5-9/h10-11H,1,6-8H2,2-5H3;9H,1,3-6H2,2H3/t10-,11?,14-;/m1./s1. The Morgan fingerprint density at radius 2 is 1.67 bits per heavy atom. The minimum absolute atomic E-state index is 0.0884. The van der Waals surface area contributed by atoms with Crippen LogP contribution in [0.15, 0.2) is 24.3 Å². The molecule has 0 heterocycles. The molecule has 0 aromatic heterocycles. The molecule has 0 spiro atoms. The first kappa shape index (κ1) is 23.4. The van der Waals surface area contributed by atoms with Crippen LogP contribution >= 0.6 is 0 Å². The largest absolute Gasteiger partial charge is 0.462 e. The first-order valence-corrected chi connectivity index (χ1v) is 9.77. The van der Waals surface area contributed by atoms with Gasteiger partial charge in [-0.3, -0.25) is 0 Å². The quantitative estimate of drug-likeness (QED) is 0.407. The lowest BCUT2D eigenvalue weighted by molar-refractivity contribution is -0.152. The third-order valence-electron chi connectivity index (χ3n) is 6.45. The Hall–Kier alpha value is -1.62. The maximum absolute atomic E-state index is 11.6. The van der Waals surface area contributed by atoms with Crippen molar-refractivity contribution in [3.8, 4) is 0 Å². The van der Waals surface area contributed by atoms with Crippen molar-refractivity contribution in [3.63, 3.8) is 0 Å². The van der Waals surface area contributed by atoms with Gasteiger partial charge >= 0.3 is 11.9 Å². The fourth-order valence-corrected chi connectivity index (χ4v) is 4.04. The van der Waals surface area contributed by atoms with Crippen LogP contribution in [-0.2, 0) is 19.1 Å². The van der Waals surface area contributed by atoms with Crippen molar-refractivity contribution >= 4 is 11.9 Å². The van der Waals surface area contributed by atoms with E-state index in [0.29, 0.717) is 41.9 Å². The number of carbonyl (C=O) groups is 2. The van der Waals surface area contributed by atoms with Crippen molar-refractivity contribution in [1.29, 1.82) is 0 Å². The molecule has 0 amide bonds. The normalized spacial score (nSPS) is 27.3. The lowest BCUT2D eigenvalue weighted by Crippen LogP contribution is -2.38. The summed E-state index contributed by atoms with van der Waals surface area (Å²) in [6, 6.07) is 0. The molecule has 2 bridgehead atoms. The molecule has 5 nitrogen and oxygen atoms in total. The van der Waals surface area contributed by atoms with Gasteiger partial charge in [-0.05, 0) is 57.3 Å². The third-order valence-corrected chi connectivity index (χ3v) is 6.45. The van der Waals surface area contributed by atoms with Crippen molar-refractivity contribution in [3.05, 3.63) is 24.3 Å². The summed E-state index contributed by atoms with van der Waals surface area (Å²) in [5, 5.41) is 8.38. The van der Waals surface area contributed by atoms with Crippen molar-refractivity contribution in [2.24, 2.45) is 16.7 Å². The van der Waals surface area contributed by atoms with E-state index in [1.165, 1.54) is 12.8 Å². The second-order valence-corrected chi connectivity index (χ2v) is 8.63. The SMILES string of the molecule is C=C(C)C(=O)OC1C[C@H]2CC[C@@]1(C)C2(C)C.C=C(C)C(=O)OCCCCO. The number of hydrogen-bond acceptors (Lipinski definition) is 5. The molecule has 0 aromatic rings. The van der Waals surface area contributed by atoms with E-state index in [9.17, 15) is 9.59 Å². The Morgan fingerprint density at radius 3 is 2.07 bits per heavy atom. The molecule has 154 valence electrons. The molecule has 0 aromatic carbocycles. The smallest absolute Gasteiger partial charge is 0.333 e. The van der Waals surface area contributed by atoms with Gasteiger partial charge < -0.3 is 14.6 Å². The molecule has 2 aliphatic carbocycles. The van der Waals surface area contributed by atoms with E-state index >= 15 is 0 Å². The van der Waals surface area contributed by atoms with Gasteiger partial charge in [-0.2, -0.15) is 0 Å². The highest BCUT2D eigenvalue weighted by Gasteiger charge is 2.62. The number of rotatable bonds is 7. The van der Waals surface area contributed by atoms with Crippen molar-refractivity contribution in [2.75, 3.05) is 13.2 Å². The number of aliphatic hydroxyl groups is 1. The molecule has 2 aliphatic rings. The van der Waals surface area contributed by atoms with Crippen LogP contribution in [0.25, 0.3) is 0 Å². The summed E-state index contributed by atoms with van der Waals surface area (Å²) in [5.41, 5.74) is 1.37. The van der Waals surface area contributed by atoms with Gasteiger partial charge in [0.2, 0.25) is 0 Å². The molecule has 3 atom stereocenters. The number of ether oxygens (including phenoxy) is 2. The van der Waals surface area contributed by atoms with E-state index in [4.69, 9.17) is 14.6 Å². The highest BCUT2D eigenvalue weighted by molar-refractivity contribution is 5.87. The molecule has 2 fully saturated rings. The second-order valence-electron chi connectivity index (χ2n) is 8.63. The third kappa shape index (κ3) is 5.44. The van der Waals surface area contributed by atoms with Crippen LogP contribution in [0.1, 0.15) is 66.7 Å². The summed E-state index contributed by atoms with van der Waals surface area (Å²) in [7, 11) is 0. The molecule has 0 radical (unpaired) electrons. The number of carbonyl (C=O) groups excluding carboxylic acids is 2. The summed E-state index contributed by atoms with van der Waals surface area (Å²) in [6.07, 6.45) is 4.95. The molecule has 1 unspecified atom stereocenters. The lowest BCUT2D eigenvalue weighted by Gasteiger charge is -2.38. The summed E-state index contributed by atoms with van der Waals surface area (Å²) in [6.45, 7) is 17.8. The van der Waals surface area contributed by atoms with E-state index in [0.717, 1.165) is 6.42 Å². The molecular weight excluding hydrogens is 344 g/mol. The molecule has 0 saturated heterocycles. The maximum Gasteiger partial charge on any atom is 0.333 e. The summed E-state index contributed by atoms with van der Waals surface area (Å²) in [5.74, 6) is 0.123. The van der Waals surface area contributed by atoms with Gasteiger partial charge in [-0.1, -0.05) is 33.9 Å². The Kier molecular flexibility index (Phi) is 8.27. The van der Waals surface area contributed by atoms with Gasteiger partial charge in [0, 0.05) is 23.2 Å². The molecule has 0 aliphatic heterocycles. The number of unbranched alkanes of at least 4 members (excludes halogenated alkanes) is 1. The molecule has 2 saturated carbocycles. The first-order valence-electron chi connectivity index (χ1n) is 9.77. The summed E-state index contributed by atoms with van der Waals surface area (Å²) < 4.78 is 10.4. The minimum atomic E-state index is -0.358. The van der Waals surface area contributed by atoms with Crippen molar-refractivity contribution < 1.29 is 24.2 Å². The Balaban J connectivity index is 0.000000293. The summed E-state index contributed by atoms with van der Waals surface area (Å²) >= 11 is 0. The number of esters is 2. The fraction of sp³-hybridized carbons (Fsp3) is 0.727. The molecule has 27 heavy (non-hydrogen) atoms. The highest BCUT2D eigenvalue weighted by Crippen LogP contribution is 2.66. The Morgan fingerprint density at radius 1 is 1.07 bits per heavy atom. The van der Waals surface area contributed by atoms with Crippen molar-refractivity contribution in [2.45, 2.75) is 72.8 Å². The van der Waals surface area contributed by atoms with E-state index in [2.05, 4.69) is 33.9 Å². The topological polar surface area (TPSA) is 72.8 Å². The van der Waals surface area contributed by atoms with E-state index < -0.39 is 0 Å². The number of fused-ring (bicyclic) bond motifs is 2. The van der Waals surface area contributed by atoms with Gasteiger partial charge in [-0.15, -0.1) is 0 Å². The monoisotopic (exact) mass is 380 g/mol. The highest BCUT2D eigenvalue weighted by atomic mass is 16.5. The van der Waals surface area contributed by atoms with Crippen LogP contribution in [0, 0.1) is 16.7 Å².